The molecule has 7 heteroatoms. The first-order valence-corrected chi connectivity index (χ1v) is 9.13. The zero-order valence-electron chi connectivity index (χ0n) is 14.3. The van der Waals surface area contributed by atoms with Crippen molar-refractivity contribution in [3.8, 4) is 0 Å². The molecule has 27 heavy (non-hydrogen) atoms. The third-order valence-electron chi connectivity index (χ3n) is 4.21. The fourth-order valence-electron chi connectivity index (χ4n) is 2.97. The number of nitrogens with zero attached hydrogens (tertiary/aromatic N) is 3. The van der Waals surface area contributed by atoms with Crippen molar-refractivity contribution in [2.45, 2.75) is 16.3 Å². The Kier molecular flexibility index (Phi) is 4.52. The summed E-state index contributed by atoms with van der Waals surface area (Å²) in [5.41, 5.74) is 8.66. The van der Waals surface area contributed by atoms with Gasteiger partial charge in [0.2, 0.25) is 0 Å². The van der Waals surface area contributed by atoms with Gasteiger partial charge < -0.3 is 10.3 Å². The summed E-state index contributed by atoms with van der Waals surface area (Å²) in [6.45, 7) is 0.595. The maximum atomic E-state index is 11.3. The van der Waals surface area contributed by atoms with Crippen LogP contribution in [0.5, 0.6) is 0 Å². The Morgan fingerprint density at radius 1 is 1.07 bits per heavy atom. The molecule has 4 rings (SSSR count). The van der Waals surface area contributed by atoms with E-state index < -0.39 is 0 Å². The van der Waals surface area contributed by atoms with Crippen LogP contribution in [0.1, 0.15) is 5.69 Å². The Hall–Kier alpha value is -3.32. The van der Waals surface area contributed by atoms with E-state index in [4.69, 9.17) is 5.73 Å². The Morgan fingerprint density at radius 2 is 1.89 bits per heavy atom. The van der Waals surface area contributed by atoms with E-state index >= 15 is 0 Å². The van der Waals surface area contributed by atoms with Crippen molar-refractivity contribution in [2.24, 2.45) is 0 Å². The first kappa shape index (κ1) is 17.1. The average Bonchev–Trinajstić information content (AvgIpc) is 2.99. The van der Waals surface area contributed by atoms with Crippen molar-refractivity contribution in [3.05, 3.63) is 88.9 Å². The molecule has 4 aromatic rings. The Balaban J connectivity index is 1.79. The van der Waals surface area contributed by atoms with Gasteiger partial charge in [-0.05, 0) is 36.4 Å². The normalized spacial score (nSPS) is 11.0. The molecule has 0 spiro atoms. The third-order valence-corrected chi connectivity index (χ3v) is 5.32. The lowest BCUT2D eigenvalue weighted by Crippen LogP contribution is -2.00. The average molecular weight is 376 g/mol. The second-order valence-corrected chi connectivity index (χ2v) is 7.13. The molecule has 0 saturated carbocycles. The van der Waals surface area contributed by atoms with Gasteiger partial charge in [0.25, 0.3) is 5.69 Å². The summed E-state index contributed by atoms with van der Waals surface area (Å²) in [4.78, 5) is 16.9. The highest BCUT2D eigenvalue weighted by atomic mass is 32.2. The van der Waals surface area contributed by atoms with Crippen LogP contribution in [0.15, 0.2) is 82.8 Å². The van der Waals surface area contributed by atoms with Crippen LogP contribution in [0.3, 0.4) is 0 Å². The van der Waals surface area contributed by atoms with Crippen molar-refractivity contribution < 1.29 is 4.92 Å². The number of nitrogen functional groups attached to an aromatic ring is 1. The van der Waals surface area contributed by atoms with Crippen molar-refractivity contribution in [2.75, 3.05) is 5.73 Å². The number of hydrogen-bond donors (Lipinski definition) is 1. The van der Waals surface area contributed by atoms with Gasteiger partial charge in [0.05, 0.1) is 27.6 Å². The van der Waals surface area contributed by atoms with Gasteiger partial charge in [0, 0.05) is 34.4 Å². The standard InChI is InChI=1S/C20H16N4O2S/c21-14-8-9-16-18(11-14)23(12-15-5-3-4-10-22-15)13-20(16)27-19-7-2-1-6-17(19)24(25)26/h1-11,13H,12,21H2. The number of benzene rings is 2. The van der Waals surface area contributed by atoms with Crippen LogP contribution in [-0.4, -0.2) is 14.5 Å². The number of nitro benzene ring substituents is 1. The molecule has 0 radical (unpaired) electrons. The predicted molar refractivity (Wildman–Crippen MR) is 107 cm³/mol. The number of nitrogens with two attached hydrogens (primary N) is 1. The van der Waals surface area contributed by atoms with Crippen molar-refractivity contribution in [1.82, 2.24) is 9.55 Å². The van der Waals surface area contributed by atoms with Crippen LogP contribution in [-0.2, 0) is 6.54 Å². The van der Waals surface area contributed by atoms with Crippen LogP contribution >= 0.6 is 11.8 Å². The molecule has 2 aromatic carbocycles. The number of para-hydroxylation sites is 1. The van der Waals surface area contributed by atoms with Crippen LogP contribution in [0, 0.1) is 10.1 Å². The van der Waals surface area contributed by atoms with E-state index in [-0.39, 0.29) is 10.6 Å². The van der Waals surface area contributed by atoms with Crippen molar-refractivity contribution >= 4 is 34.0 Å². The Labute approximate surface area is 159 Å². The van der Waals surface area contributed by atoms with E-state index in [1.165, 1.54) is 17.8 Å². The molecule has 6 nitrogen and oxygen atoms in total. The SMILES string of the molecule is Nc1ccc2c(Sc3ccccc3[N+](=O)[O-])cn(Cc3ccccn3)c2c1. The van der Waals surface area contributed by atoms with E-state index in [9.17, 15) is 10.1 Å². The zero-order chi connectivity index (χ0) is 18.8. The summed E-state index contributed by atoms with van der Waals surface area (Å²) < 4.78 is 2.07. The number of nitro groups is 1. The number of hydrogen-bond acceptors (Lipinski definition) is 5. The molecule has 0 aliphatic carbocycles. The number of aromatic nitrogens is 2. The summed E-state index contributed by atoms with van der Waals surface area (Å²) in [5.74, 6) is 0. The largest absolute Gasteiger partial charge is 0.399 e. The summed E-state index contributed by atoms with van der Waals surface area (Å²) in [7, 11) is 0. The molecule has 2 aromatic heterocycles. The number of fused-ring (bicyclic) bond motifs is 1. The molecule has 2 N–H and O–H groups in total. The molecule has 0 saturated heterocycles. The molecular formula is C20H16N4O2S. The number of anilines is 1. The monoisotopic (exact) mass is 376 g/mol. The highest BCUT2D eigenvalue weighted by molar-refractivity contribution is 7.99. The second kappa shape index (κ2) is 7.13. The molecule has 0 bridgehead atoms. The van der Waals surface area contributed by atoms with Crippen molar-refractivity contribution in [3.63, 3.8) is 0 Å². The molecule has 2 heterocycles. The van der Waals surface area contributed by atoms with E-state index in [1.807, 2.05) is 42.6 Å². The maximum absolute atomic E-state index is 11.3. The lowest BCUT2D eigenvalue weighted by atomic mass is 10.2. The molecule has 0 aliphatic rings. The van der Waals surface area contributed by atoms with Crippen LogP contribution in [0.4, 0.5) is 11.4 Å². The summed E-state index contributed by atoms with van der Waals surface area (Å²) in [6, 6.07) is 18.3. The quantitative estimate of drug-likeness (QED) is 0.309. The minimum Gasteiger partial charge on any atom is -0.399 e. The predicted octanol–water partition coefficient (Wildman–Crippen LogP) is 4.73. The minimum absolute atomic E-state index is 0.101. The Morgan fingerprint density at radius 3 is 2.67 bits per heavy atom. The van der Waals surface area contributed by atoms with E-state index in [0.717, 1.165) is 21.5 Å². The summed E-state index contributed by atoms with van der Waals surface area (Å²) >= 11 is 1.39. The van der Waals surface area contributed by atoms with Crippen LogP contribution in [0.25, 0.3) is 10.9 Å². The van der Waals surface area contributed by atoms with Crippen LogP contribution in [0.2, 0.25) is 0 Å². The molecule has 0 aliphatic heterocycles. The fraction of sp³-hybridized carbons (Fsp3) is 0.0500. The van der Waals surface area contributed by atoms with Gasteiger partial charge >= 0.3 is 0 Å². The highest BCUT2D eigenvalue weighted by Gasteiger charge is 2.17. The van der Waals surface area contributed by atoms with Gasteiger partial charge in [0.15, 0.2) is 0 Å². The smallest absolute Gasteiger partial charge is 0.283 e. The molecule has 0 amide bonds. The van der Waals surface area contributed by atoms with Crippen LogP contribution < -0.4 is 5.73 Å². The first-order valence-electron chi connectivity index (χ1n) is 8.31. The third kappa shape index (κ3) is 3.50. The Bertz CT molecular complexity index is 1130. The molecular weight excluding hydrogens is 360 g/mol. The van der Waals surface area contributed by atoms with E-state index in [2.05, 4.69) is 9.55 Å². The maximum Gasteiger partial charge on any atom is 0.283 e. The van der Waals surface area contributed by atoms with Gasteiger partial charge in [0.1, 0.15) is 0 Å². The van der Waals surface area contributed by atoms with Gasteiger partial charge in [-0.25, -0.2) is 0 Å². The lowest BCUT2D eigenvalue weighted by Gasteiger charge is -2.05. The van der Waals surface area contributed by atoms with E-state index in [0.29, 0.717) is 17.1 Å². The van der Waals surface area contributed by atoms with Crippen molar-refractivity contribution in [1.29, 1.82) is 0 Å². The van der Waals surface area contributed by atoms with Gasteiger partial charge in [-0.15, -0.1) is 0 Å². The fourth-order valence-corrected chi connectivity index (χ4v) is 4.06. The zero-order valence-corrected chi connectivity index (χ0v) is 15.1. The number of rotatable bonds is 5. The van der Waals surface area contributed by atoms with Gasteiger partial charge in [-0.1, -0.05) is 30.0 Å². The molecule has 0 fully saturated rings. The highest BCUT2D eigenvalue weighted by Crippen LogP contribution is 2.39. The minimum atomic E-state index is -0.354. The molecule has 134 valence electrons. The molecule has 0 atom stereocenters. The summed E-state index contributed by atoms with van der Waals surface area (Å²) in [5, 5.41) is 12.3. The molecule has 0 unspecified atom stereocenters. The van der Waals surface area contributed by atoms with Gasteiger partial charge in [-0.2, -0.15) is 0 Å². The summed E-state index contributed by atoms with van der Waals surface area (Å²) in [6.07, 6.45) is 3.76. The topological polar surface area (TPSA) is 87.0 Å². The first-order chi connectivity index (χ1) is 13.1. The van der Waals surface area contributed by atoms with E-state index in [1.54, 1.807) is 24.4 Å². The van der Waals surface area contributed by atoms with Gasteiger partial charge in [-0.3, -0.25) is 15.1 Å². The second-order valence-electron chi connectivity index (χ2n) is 6.05. The lowest BCUT2D eigenvalue weighted by molar-refractivity contribution is -0.387. The number of pyridine rings is 1.